The number of aliphatic imine (C=N–C) groups is 1. The van der Waals surface area contributed by atoms with Crippen LogP contribution in [0.5, 0.6) is 0 Å². The molecule has 23 heavy (non-hydrogen) atoms. The Labute approximate surface area is 140 Å². The minimum Gasteiger partial charge on any atom is -0.357 e. The summed E-state index contributed by atoms with van der Waals surface area (Å²) in [6.45, 7) is 9.63. The van der Waals surface area contributed by atoms with Crippen LogP contribution in [0.15, 0.2) is 29.4 Å². The minimum absolute atomic E-state index is 0.538. The Hall–Kier alpha value is -1.62. The Balaban J connectivity index is 1.78. The molecule has 1 fully saturated rings. The summed E-state index contributed by atoms with van der Waals surface area (Å²) in [5, 5.41) is 6.96. The minimum atomic E-state index is 0.538. The van der Waals surface area contributed by atoms with Gasteiger partial charge < -0.3 is 15.5 Å². The quantitative estimate of drug-likeness (QED) is 0.597. The maximum atomic E-state index is 4.70. The van der Waals surface area contributed by atoms with Gasteiger partial charge in [-0.15, -0.1) is 0 Å². The highest BCUT2D eigenvalue weighted by atomic mass is 15.2. The molecule has 5 nitrogen and oxygen atoms in total. The first-order chi connectivity index (χ1) is 11.3. The van der Waals surface area contributed by atoms with Gasteiger partial charge in [0.05, 0.1) is 0 Å². The molecule has 0 bridgehead atoms. The largest absolute Gasteiger partial charge is 0.357 e. The Bertz CT molecular complexity index is 452. The number of piperidine rings is 1. The summed E-state index contributed by atoms with van der Waals surface area (Å²) in [6, 6.07) is 6.57. The van der Waals surface area contributed by atoms with Gasteiger partial charge in [-0.25, -0.2) is 0 Å². The summed E-state index contributed by atoms with van der Waals surface area (Å²) in [6.07, 6.45) is 6.37. The SMILES string of the molecule is CCCN1CCC(NC(=NCCc2ccccn2)NCC)CC1. The number of nitrogens with zero attached hydrogens (tertiary/aromatic N) is 3. The molecule has 0 aromatic carbocycles. The number of nitrogens with one attached hydrogen (secondary N) is 2. The first-order valence-electron chi connectivity index (χ1n) is 8.99. The molecule has 1 aliphatic heterocycles. The van der Waals surface area contributed by atoms with Gasteiger partial charge in [0, 0.05) is 50.5 Å². The molecule has 5 heteroatoms. The van der Waals surface area contributed by atoms with Gasteiger partial charge in [-0.05, 0) is 44.9 Å². The van der Waals surface area contributed by atoms with Gasteiger partial charge in [0.2, 0.25) is 0 Å². The van der Waals surface area contributed by atoms with E-state index in [1.54, 1.807) is 0 Å². The monoisotopic (exact) mass is 317 g/mol. The van der Waals surface area contributed by atoms with E-state index in [4.69, 9.17) is 4.99 Å². The predicted octanol–water partition coefficient (Wildman–Crippen LogP) is 2.05. The van der Waals surface area contributed by atoms with Crippen molar-refractivity contribution in [3.8, 4) is 0 Å². The van der Waals surface area contributed by atoms with Gasteiger partial charge in [0.25, 0.3) is 0 Å². The van der Waals surface area contributed by atoms with Crippen LogP contribution >= 0.6 is 0 Å². The Morgan fingerprint density at radius 1 is 1.30 bits per heavy atom. The van der Waals surface area contributed by atoms with Crippen LogP contribution in [0.2, 0.25) is 0 Å². The summed E-state index contributed by atoms with van der Waals surface area (Å²) in [7, 11) is 0. The van der Waals surface area contributed by atoms with Crippen molar-refractivity contribution in [2.24, 2.45) is 4.99 Å². The lowest BCUT2D eigenvalue weighted by Crippen LogP contribution is -2.48. The standard InChI is InChI=1S/C18H31N5/c1-3-13-23-14-9-17(10-15-23)22-18(19-4-2)21-12-8-16-7-5-6-11-20-16/h5-7,11,17H,3-4,8-10,12-15H2,1-2H3,(H2,19,21,22). The summed E-state index contributed by atoms with van der Waals surface area (Å²) in [5.41, 5.74) is 1.10. The van der Waals surface area contributed by atoms with Crippen LogP contribution in [0.4, 0.5) is 0 Å². The van der Waals surface area contributed by atoms with Crippen molar-refractivity contribution in [3.05, 3.63) is 30.1 Å². The van der Waals surface area contributed by atoms with Gasteiger partial charge in [0.15, 0.2) is 5.96 Å². The number of pyridine rings is 1. The normalized spacial score (nSPS) is 17.2. The van der Waals surface area contributed by atoms with Crippen molar-refractivity contribution in [3.63, 3.8) is 0 Å². The van der Waals surface area contributed by atoms with Crippen LogP contribution in [-0.2, 0) is 6.42 Å². The molecule has 0 amide bonds. The van der Waals surface area contributed by atoms with Crippen LogP contribution in [0.3, 0.4) is 0 Å². The van der Waals surface area contributed by atoms with Gasteiger partial charge in [-0.1, -0.05) is 13.0 Å². The van der Waals surface area contributed by atoms with Gasteiger partial charge >= 0.3 is 0 Å². The zero-order chi connectivity index (χ0) is 16.3. The fourth-order valence-corrected chi connectivity index (χ4v) is 2.96. The molecule has 0 unspecified atom stereocenters. The Morgan fingerprint density at radius 3 is 2.78 bits per heavy atom. The average molecular weight is 317 g/mol. The number of hydrogen-bond acceptors (Lipinski definition) is 3. The van der Waals surface area contributed by atoms with E-state index in [1.165, 1.54) is 38.9 Å². The van der Waals surface area contributed by atoms with E-state index in [1.807, 2.05) is 18.3 Å². The second-order valence-corrected chi connectivity index (χ2v) is 6.09. The number of rotatable bonds is 7. The number of aromatic nitrogens is 1. The Morgan fingerprint density at radius 2 is 2.13 bits per heavy atom. The molecule has 0 saturated carbocycles. The maximum Gasteiger partial charge on any atom is 0.191 e. The third-order valence-electron chi connectivity index (χ3n) is 4.18. The second kappa shape index (κ2) is 10.2. The molecule has 128 valence electrons. The van der Waals surface area contributed by atoms with Crippen LogP contribution in [-0.4, -0.2) is 54.6 Å². The third kappa shape index (κ3) is 6.57. The van der Waals surface area contributed by atoms with E-state index >= 15 is 0 Å². The summed E-state index contributed by atoms with van der Waals surface area (Å²) in [5.74, 6) is 0.942. The average Bonchev–Trinajstić information content (AvgIpc) is 2.58. The zero-order valence-electron chi connectivity index (χ0n) is 14.6. The third-order valence-corrected chi connectivity index (χ3v) is 4.18. The molecule has 0 aliphatic carbocycles. The fraction of sp³-hybridized carbons (Fsp3) is 0.667. The van der Waals surface area contributed by atoms with E-state index in [0.717, 1.165) is 31.2 Å². The summed E-state index contributed by atoms with van der Waals surface area (Å²) < 4.78 is 0. The highest BCUT2D eigenvalue weighted by molar-refractivity contribution is 5.80. The number of guanidine groups is 1. The highest BCUT2D eigenvalue weighted by Crippen LogP contribution is 2.10. The topological polar surface area (TPSA) is 52.5 Å². The van der Waals surface area contributed by atoms with Crippen molar-refractivity contribution in [1.29, 1.82) is 0 Å². The molecular weight excluding hydrogens is 286 g/mol. The van der Waals surface area contributed by atoms with Crippen molar-refractivity contribution < 1.29 is 0 Å². The lowest BCUT2D eigenvalue weighted by atomic mass is 10.1. The smallest absolute Gasteiger partial charge is 0.191 e. The predicted molar refractivity (Wildman–Crippen MR) is 96.8 cm³/mol. The lowest BCUT2D eigenvalue weighted by molar-refractivity contribution is 0.206. The van der Waals surface area contributed by atoms with Gasteiger partial charge in [-0.2, -0.15) is 0 Å². The highest BCUT2D eigenvalue weighted by Gasteiger charge is 2.19. The second-order valence-electron chi connectivity index (χ2n) is 6.09. The van der Waals surface area contributed by atoms with Crippen LogP contribution in [0.1, 0.15) is 38.8 Å². The molecule has 0 radical (unpaired) electrons. The van der Waals surface area contributed by atoms with Crippen LogP contribution in [0.25, 0.3) is 0 Å². The van der Waals surface area contributed by atoms with E-state index < -0.39 is 0 Å². The molecule has 2 rings (SSSR count). The van der Waals surface area contributed by atoms with E-state index in [0.29, 0.717) is 6.04 Å². The number of hydrogen-bond donors (Lipinski definition) is 2. The summed E-state index contributed by atoms with van der Waals surface area (Å²) >= 11 is 0. The first-order valence-corrected chi connectivity index (χ1v) is 8.99. The molecule has 2 N–H and O–H groups in total. The molecular formula is C18H31N5. The summed E-state index contributed by atoms with van der Waals surface area (Å²) in [4.78, 5) is 11.6. The number of likely N-dealkylation sites (tertiary alicyclic amines) is 1. The van der Waals surface area contributed by atoms with Crippen LogP contribution in [0, 0.1) is 0 Å². The molecule has 1 aliphatic rings. The molecule has 2 heterocycles. The van der Waals surface area contributed by atoms with Crippen molar-refractivity contribution in [1.82, 2.24) is 20.5 Å². The van der Waals surface area contributed by atoms with Gasteiger partial charge in [0.1, 0.15) is 0 Å². The van der Waals surface area contributed by atoms with Crippen molar-refractivity contribution in [2.45, 2.75) is 45.6 Å². The zero-order valence-corrected chi connectivity index (χ0v) is 14.6. The first kappa shape index (κ1) is 17.7. The Kier molecular flexibility index (Phi) is 7.87. The molecule has 1 aromatic heterocycles. The molecule has 0 spiro atoms. The van der Waals surface area contributed by atoms with Gasteiger partial charge in [-0.3, -0.25) is 9.98 Å². The van der Waals surface area contributed by atoms with E-state index in [2.05, 4.69) is 40.4 Å². The van der Waals surface area contributed by atoms with E-state index in [9.17, 15) is 0 Å². The lowest BCUT2D eigenvalue weighted by Gasteiger charge is -2.32. The maximum absolute atomic E-state index is 4.70. The van der Waals surface area contributed by atoms with Crippen molar-refractivity contribution in [2.75, 3.05) is 32.7 Å². The molecule has 0 atom stereocenters. The van der Waals surface area contributed by atoms with E-state index in [-0.39, 0.29) is 0 Å². The molecule has 1 saturated heterocycles. The molecule has 1 aromatic rings. The van der Waals surface area contributed by atoms with Crippen molar-refractivity contribution >= 4 is 5.96 Å². The van der Waals surface area contributed by atoms with Crippen LogP contribution < -0.4 is 10.6 Å². The fourth-order valence-electron chi connectivity index (χ4n) is 2.96.